The van der Waals surface area contributed by atoms with Crippen molar-refractivity contribution in [1.29, 1.82) is 0 Å². The van der Waals surface area contributed by atoms with Crippen LogP contribution >= 0.6 is 27.5 Å². The van der Waals surface area contributed by atoms with Crippen LogP contribution in [0.15, 0.2) is 65.1 Å². The lowest BCUT2D eigenvalue weighted by molar-refractivity contribution is 0.309. The Bertz CT molecular complexity index is 1190. The number of fused-ring (bicyclic) bond motifs is 1. The lowest BCUT2D eigenvalue weighted by Gasteiger charge is -2.18. The van der Waals surface area contributed by atoms with Crippen molar-refractivity contribution in [1.82, 2.24) is 10.2 Å². The maximum atomic E-state index is 6.53. The summed E-state index contributed by atoms with van der Waals surface area (Å²) in [6, 6.07) is 20.5. The van der Waals surface area contributed by atoms with E-state index in [0.29, 0.717) is 11.8 Å². The average Bonchev–Trinajstić information content (AvgIpc) is 2.76. The highest BCUT2D eigenvalue weighted by Gasteiger charge is 2.21. The molecule has 0 fully saturated rings. The fourth-order valence-corrected chi connectivity index (χ4v) is 4.64. The summed E-state index contributed by atoms with van der Waals surface area (Å²) in [5.74, 6) is 0.791. The molecule has 5 heteroatoms. The lowest BCUT2D eigenvalue weighted by Crippen LogP contribution is -2.02. The second kappa shape index (κ2) is 9.15. The highest BCUT2D eigenvalue weighted by Crippen LogP contribution is 2.46. The number of hydrogen-bond acceptors (Lipinski definition) is 3. The van der Waals surface area contributed by atoms with Crippen LogP contribution in [0.25, 0.3) is 33.2 Å². The zero-order chi connectivity index (χ0) is 21.1. The van der Waals surface area contributed by atoms with E-state index in [4.69, 9.17) is 16.3 Å². The Labute approximate surface area is 190 Å². The summed E-state index contributed by atoms with van der Waals surface area (Å²) >= 11 is 10.3. The molecule has 30 heavy (non-hydrogen) atoms. The predicted octanol–water partition coefficient (Wildman–Crippen LogP) is 7.87. The number of rotatable bonds is 6. The van der Waals surface area contributed by atoms with Crippen LogP contribution in [0.2, 0.25) is 5.15 Å². The molecule has 3 aromatic carbocycles. The van der Waals surface area contributed by atoms with Crippen molar-refractivity contribution in [3.8, 4) is 28.1 Å². The molecule has 0 N–H and O–H groups in total. The van der Waals surface area contributed by atoms with Crippen molar-refractivity contribution >= 4 is 38.3 Å². The van der Waals surface area contributed by atoms with E-state index in [9.17, 15) is 0 Å². The molecular formula is C25H22BrClN2O. The van der Waals surface area contributed by atoms with Gasteiger partial charge in [-0.25, -0.2) is 0 Å². The monoisotopic (exact) mass is 480 g/mol. The van der Waals surface area contributed by atoms with Gasteiger partial charge in [0.05, 0.1) is 11.1 Å². The van der Waals surface area contributed by atoms with Crippen LogP contribution in [0.4, 0.5) is 0 Å². The van der Waals surface area contributed by atoms with Gasteiger partial charge in [0.25, 0.3) is 0 Å². The molecule has 3 nitrogen and oxygen atoms in total. The van der Waals surface area contributed by atoms with Gasteiger partial charge in [0, 0.05) is 21.9 Å². The summed E-state index contributed by atoms with van der Waals surface area (Å²) in [5.41, 5.74) is 5.11. The third-order valence-corrected chi connectivity index (χ3v) is 6.17. The molecule has 152 valence electrons. The highest BCUT2D eigenvalue weighted by atomic mass is 79.9. The minimum Gasteiger partial charge on any atom is -0.492 e. The summed E-state index contributed by atoms with van der Waals surface area (Å²) in [4.78, 5) is 0. The summed E-state index contributed by atoms with van der Waals surface area (Å²) < 4.78 is 7.08. The molecule has 4 rings (SSSR count). The van der Waals surface area contributed by atoms with Crippen LogP contribution in [0.3, 0.4) is 0 Å². The molecule has 0 aliphatic carbocycles. The van der Waals surface area contributed by atoms with Crippen molar-refractivity contribution < 1.29 is 4.74 Å². The van der Waals surface area contributed by atoms with Gasteiger partial charge < -0.3 is 4.74 Å². The van der Waals surface area contributed by atoms with E-state index in [0.717, 1.165) is 56.2 Å². The molecule has 0 saturated carbocycles. The SMILES string of the molecule is CCCCOc1c(-c2ccccc2C)cc2c(-c3ccccc3)nnc(Cl)c2c1Br. The average molecular weight is 482 g/mol. The van der Waals surface area contributed by atoms with Gasteiger partial charge >= 0.3 is 0 Å². The zero-order valence-corrected chi connectivity index (χ0v) is 19.3. The lowest BCUT2D eigenvalue weighted by atomic mass is 9.95. The molecule has 0 atom stereocenters. The fourth-order valence-electron chi connectivity index (χ4n) is 3.56. The molecule has 0 amide bonds. The third kappa shape index (κ3) is 3.94. The van der Waals surface area contributed by atoms with Gasteiger partial charge in [-0.15, -0.1) is 10.2 Å². The molecule has 1 heterocycles. The number of ether oxygens (including phenoxy) is 1. The minimum absolute atomic E-state index is 0.355. The number of aromatic nitrogens is 2. The highest BCUT2D eigenvalue weighted by molar-refractivity contribution is 9.10. The summed E-state index contributed by atoms with van der Waals surface area (Å²) in [6.07, 6.45) is 2.05. The summed E-state index contributed by atoms with van der Waals surface area (Å²) in [6.45, 7) is 4.90. The Morgan fingerprint density at radius 1 is 0.967 bits per heavy atom. The Morgan fingerprint density at radius 3 is 2.43 bits per heavy atom. The van der Waals surface area contributed by atoms with Crippen molar-refractivity contribution in [3.63, 3.8) is 0 Å². The van der Waals surface area contributed by atoms with Crippen molar-refractivity contribution in [2.45, 2.75) is 26.7 Å². The molecule has 0 unspecified atom stereocenters. The summed E-state index contributed by atoms with van der Waals surface area (Å²) in [5, 5.41) is 10.8. The number of aryl methyl sites for hydroxylation is 1. The number of nitrogens with zero attached hydrogens (tertiary/aromatic N) is 2. The molecular weight excluding hydrogens is 460 g/mol. The topological polar surface area (TPSA) is 35.0 Å². The first kappa shape index (κ1) is 20.8. The van der Waals surface area contributed by atoms with Crippen LogP contribution in [0.1, 0.15) is 25.3 Å². The van der Waals surface area contributed by atoms with Crippen LogP contribution in [0.5, 0.6) is 5.75 Å². The van der Waals surface area contributed by atoms with Crippen LogP contribution in [-0.2, 0) is 0 Å². The molecule has 4 aromatic rings. The number of hydrogen-bond donors (Lipinski definition) is 0. The van der Waals surface area contributed by atoms with E-state index in [-0.39, 0.29) is 0 Å². The van der Waals surface area contributed by atoms with Gasteiger partial charge in [-0.1, -0.05) is 79.5 Å². The minimum atomic E-state index is 0.355. The number of halogens is 2. The Hall–Kier alpha value is -2.43. The van der Waals surface area contributed by atoms with Crippen LogP contribution in [-0.4, -0.2) is 16.8 Å². The van der Waals surface area contributed by atoms with Gasteiger partial charge in [0.15, 0.2) is 5.15 Å². The predicted molar refractivity (Wildman–Crippen MR) is 128 cm³/mol. The van der Waals surface area contributed by atoms with Gasteiger partial charge in [-0.3, -0.25) is 0 Å². The van der Waals surface area contributed by atoms with E-state index in [2.05, 4.69) is 58.2 Å². The maximum Gasteiger partial charge on any atom is 0.160 e. The first-order valence-electron chi connectivity index (χ1n) is 10.0. The second-order valence-corrected chi connectivity index (χ2v) is 8.36. The summed E-state index contributed by atoms with van der Waals surface area (Å²) in [7, 11) is 0. The Kier molecular flexibility index (Phi) is 6.35. The normalized spacial score (nSPS) is 11.1. The van der Waals surface area contributed by atoms with E-state index < -0.39 is 0 Å². The molecule has 0 saturated heterocycles. The maximum absolute atomic E-state index is 6.53. The van der Waals surface area contributed by atoms with Crippen molar-refractivity contribution in [2.75, 3.05) is 6.61 Å². The first-order valence-corrected chi connectivity index (χ1v) is 11.2. The Balaban J connectivity index is 2.04. The quantitative estimate of drug-likeness (QED) is 0.263. The van der Waals surface area contributed by atoms with Crippen molar-refractivity contribution in [3.05, 3.63) is 75.9 Å². The Morgan fingerprint density at radius 2 is 1.70 bits per heavy atom. The van der Waals surface area contributed by atoms with Gasteiger partial charge in [-0.05, 0) is 46.5 Å². The molecule has 0 bridgehead atoms. The van der Waals surface area contributed by atoms with Gasteiger partial charge in [-0.2, -0.15) is 0 Å². The molecule has 0 aliphatic rings. The standard InChI is InChI=1S/C25H22BrClN2O/c1-3-4-14-30-24-19(18-13-9-8-10-16(18)2)15-20-21(22(24)26)25(27)29-28-23(20)17-11-6-5-7-12-17/h5-13,15H,3-4,14H2,1-2H3. The second-order valence-electron chi connectivity index (χ2n) is 7.21. The van der Waals surface area contributed by atoms with Gasteiger partial charge in [0.1, 0.15) is 11.4 Å². The van der Waals surface area contributed by atoms with Crippen molar-refractivity contribution in [2.24, 2.45) is 0 Å². The zero-order valence-electron chi connectivity index (χ0n) is 17.0. The molecule has 1 aromatic heterocycles. The molecule has 0 aliphatic heterocycles. The van der Waals surface area contributed by atoms with E-state index in [1.165, 1.54) is 5.56 Å². The van der Waals surface area contributed by atoms with E-state index >= 15 is 0 Å². The largest absolute Gasteiger partial charge is 0.492 e. The van der Waals surface area contributed by atoms with Crippen LogP contribution < -0.4 is 4.74 Å². The number of unbranched alkanes of at least 4 members (excludes halogenated alkanes) is 1. The van der Waals surface area contributed by atoms with Crippen LogP contribution in [0, 0.1) is 6.92 Å². The fraction of sp³-hybridized carbons (Fsp3) is 0.200. The van der Waals surface area contributed by atoms with E-state index in [1.54, 1.807) is 0 Å². The third-order valence-electron chi connectivity index (χ3n) is 5.15. The smallest absolute Gasteiger partial charge is 0.160 e. The van der Waals surface area contributed by atoms with Gasteiger partial charge in [0.2, 0.25) is 0 Å². The van der Waals surface area contributed by atoms with E-state index in [1.807, 2.05) is 42.5 Å². The first-order chi connectivity index (χ1) is 14.6. The number of benzene rings is 3. The molecule has 0 radical (unpaired) electrons. The molecule has 0 spiro atoms.